The van der Waals surface area contributed by atoms with Gasteiger partial charge in [0.05, 0.1) is 5.38 Å². The number of alkyl halides is 1. The summed E-state index contributed by atoms with van der Waals surface area (Å²) in [6.07, 6.45) is 0.602. The van der Waals surface area contributed by atoms with E-state index in [0.717, 1.165) is 15.6 Å². The molecule has 0 radical (unpaired) electrons. The highest BCUT2D eigenvalue weighted by Crippen LogP contribution is 2.19. The molecule has 3 heteroatoms. The smallest absolute Gasteiger partial charge is 0.147 e. The van der Waals surface area contributed by atoms with Crippen molar-refractivity contribution in [3.05, 3.63) is 33.8 Å². The van der Waals surface area contributed by atoms with Gasteiger partial charge >= 0.3 is 0 Å². The second kappa shape index (κ2) is 4.94. The van der Waals surface area contributed by atoms with Crippen molar-refractivity contribution in [3.63, 3.8) is 0 Å². The predicted molar refractivity (Wildman–Crippen MR) is 62.9 cm³/mol. The fourth-order valence-electron chi connectivity index (χ4n) is 1.18. The maximum atomic E-state index is 11.0. The quantitative estimate of drug-likeness (QED) is 0.772. The fraction of sp³-hybridized carbons (Fsp3) is 0.364. The molecule has 0 aliphatic carbocycles. The van der Waals surface area contributed by atoms with Gasteiger partial charge in [-0.1, -0.05) is 28.1 Å². The molecule has 0 aromatic heterocycles. The highest BCUT2D eigenvalue weighted by atomic mass is 79.9. The number of hydrogen-bond acceptors (Lipinski definition) is 1. The molecule has 0 saturated heterocycles. The highest BCUT2D eigenvalue weighted by Gasteiger charge is 2.11. The normalized spacial score (nSPS) is 12.6. The Morgan fingerprint density at radius 3 is 2.71 bits per heavy atom. The van der Waals surface area contributed by atoms with E-state index in [1.807, 2.05) is 25.1 Å². The van der Waals surface area contributed by atoms with Gasteiger partial charge in [0.2, 0.25) is 0 Å². The van der Waals surface area contributed by atoms with Gasteiger partial charge in [0, 0.05) is 4.47 Å². The van der Waals surface area contributed by atoms with Crippen LogP contribution in [0.4, 0.5) is 0 Å². The van der Waals surface area contributed by atoms with Crippen LogP contribution < -0.4 is 0 Å². The Hall–Kier alpha value is -0.340. The Bertz CT molecular complexity index is 349. The van der Waals surface area contributed by atoms with Crippen LogP contribution in [0.1, 0.15) is 18.1 Å². The molecule has 0 fully saturated rings. The summed E-state index contributed by atoms with van der Waals surface area (Å²) in [6.45, 7) is 3.54. The molecule has 0 saturated carbocycles. The number of carbonyl (C=O) groups excluding carboxylic acids is 1. The molecule has 0 aliphatic rings. The van der Waals surface area contributed by atoms with E-state index in [9.17, 15) is 4.79 Å². The van der Waals surface area contributed by atoms with Crippen molar-refractivity contribution in [2.45, 2.75) is 25.6 Å². The van der Waals surface area contributed by atoms with Gasteiger partial charge in [-0.05, 0) is 37.5 Å². The molecular formula is C11H12BrClO. The van der Waals surface area contributed by atoms with Crippen molar-refractivity contribution in [2.24, 2.45) is 0 Å². The second-order valence-corrected chi connectivity index (χ2v) is 4.75. The number of halogens is 2. The lowest BCUT2D eigenvalue weighted by atomic mass is 10.1. The molecule has 1 aromatic carbocycles. The highest BCUT2D eigenvalue weighted by molar-refractivity contribution is 9.10. The van der Waals surface area contributed by atoms with Gasteiger partial charge < -0.3 is 0 Å². The molecule has 1 unspecified atom stereocenters. The number of aryl methyl sites for hydroxylation is 1. The van der Waals surface area contributed by atoms with Gasteiger partial charge in [0.25, 0.3) is 0 Å². The summed E-state index contributed by atoms with van der Waals surface area (Å²) in [5, 5.41) is -0.407. The van der Waals surface area contributed by atoms with Crippen LogP contribution in [-0.4, -0.2) is 11.2 Å². The Labute approximate surface area is 97.6 Å². The number of hydrogen-bond donors (Lipinski definition) is 0. The van der Waals surface area contributed by atoms with Crippen molar-refractivity contribution in [1.82, 2.24) is 0 Å². The Morgan fingerprint density at radius 1 is 1.57 bits per heavy atom. The maximum absolute atomic E-state index is 11.0. The van der Waals surface area contributed by atoms with Gasteiger partial charge in [-0.15, -0.1) is 11.6 Å². The third-order valence-corrected chi connectivity index (χ3v) is 3.43. The zero-order valence-electron chi connectivity index (χ0n) is 8.18. The first kappa shape index (κ1) is 11.7. The lowest BCUT2D eigenvalue weighted by molar-refractivity contribution is -0.116. The monoisotopic (exact) mass is 274 g/mol. The zero-order chi connectivity index (χ0) is 10.7. The lowest BCUT2D eigenvalue weighted by Crippen LogP contribution is -2.13. The second-order valence-electron chi connectivity index (χ2n) is 3.37. The van der Waals surface area contributed by atoms with Crippen molar-refractivity contribution >= 4 is 33.3 Å². The average molecular weight is 276 g/mol. The fourth-order valence-corrected chi connectivity index (χ4v) is 1.61. The first-order valence-electron chi connectivity index (χ1n) is 4.40. The molecule has 0 bridgehead atoms. The summed E-state index contributed by atoms with van der Waals surface area (Å²) >= 11 is 9.31. The standard InChI is InChI=1S/C11H12BrClO/c1-7-5-9(3-4-10(7)12)6-11(13)8(2)14/h3-5,11H,6H2,1-2H3. The van der Waals surface area contributed by atoms with Gasteiger partial charge in [-0.3, -0.25) is 4.79 Å². The molecule has 1 aromatic rings. The third kappa shape index (κ3) is 3.10. The van der Waals surface area contributed by atoms with Crippen molar-refractivity contribution in [1.29, 1.82) is 0 Å². The number of Topliss-reactive ketones (excluding diaryl/α,β-unsaturated/α-hetero) is 1. The molecule has 14 heavy (non-hydrogen) atoms. The van der Waals surface area contributed by atoms with Crippen LogP contribution in [0.5, 0.6) is 0 Å². The van der Waals surface area contributed by atoms with Crippen LogP contribution >= 0.6 is 27.5 Å². The maximum Gasteiger partial charge on any atom is 0.147 e. The summed E-state index contributed by atoms with van der Waals surface area (Å²) in [4.78, 5) is 11.0. The molecule has 0 heterocycles. The minimum absolute atomic E-state index is 0.0206. The number of benzene rings is 1. The van der Waals surface area contributed by atoms with Crippen molar-refractivity contribution in [2.75, 3.05) is 0 Å². The molecular weight excluding hydrogens is 263 g/mol. The van der Waals surface area contributed by atoms with Gasteiger partial charge in [-0.25, -0.2) is 0 Å². The summed E-state index contributed by atoms with van der Waals surface area (Å²) in [6, 6.07) is 6.01. The lowest BCUT2D eigenvalue weighted by Gasteiger charge is -2.07. The minimum atomic E-state index is -0.407. The molecule has 1 nitrogen and oxygen atoms in total. The zero-order valence-corrected chi connectivity index (χ0v) is 10.5. The number of ketones is 1. The van der Waals surface area contributed by atoms with Gasteiger partial charge in [0.1, 0.15) is 5.78 Å². The third-order valence-electron chi connectivity index (χ3n) is 2.08. The van der Waals surface area contributed by atoms with Crippen LogP contribution in [-0.2, 0) is 11.2 Å². The molecule has 0 spiro atoms. The first-order chi connectivity index (χ1) is 6.50. The van der Waals surface area contributed by atoms with E-state index >= 15 is 0 Å². The van der Waals surface area contributed by atoms with Crippen molar-refractivity contribution in [3.8, 4) is 0 Å². The van der Waals surface area contributed by atoms with Crippen molar-refractivity contribution < 1.29 is 4.79 Å². The largest absolute Gasteiger partial charge is 0.298 e. The van der Waals surface area contributed by atoms with Gasteiger partial charge in [0.15, 0.2) is 0 Å². The summed E-state index contributed by atoms with van der Waals surface area (Å²) in [5.41, 5.74) is 2.26. The van der Waals surface area contributed by atoms with Crippen LogP contribution in [0, 0.1) is 6.92 Å². The number of rotatable bonds is 3. The number of carbonyl (C=O) groups is 1. The van der Waals surface area contributed by atoms with E-state index in [0.29, 0.717) is 6.42 Å². The SMILES string of the molecule is CC(=O)C(Cl)Cc1ccc(Br)c(C)c1. The van der Waals surface area contributed by atoms with E-state index < -0.39 is 5.38 Å². The molecule has 1 atom stereocenters. The molecule has 0 N–H and O–H groups in total. The molecule has 0 aliphatic heterocycles. The van der Waals surface area contributed by atoms with Crippen LogP contribution in [0.3, 0.4) is 0 Å². The van der Waals surface area contributed by atoms with E-state index in [-0.39, 0.29) is 5.78 Å². The van der Waals surface area contributed by atoms with E-state index in [1.165, 1.54) is 6.92 Å². The Balaban J connectivity index is 2.78. The summed E-state index contributed by atoms with van der Waals surface area (Å²) in [7, 11) is 0. The molecule has 0 amide bonds. The molecule has 1 rings (SSSR count). The van der Waals surface area contributed by atoms with Crippen LogP contribution in [0.25, 0.3) is 0 Å². The van der Waals surface area contributed by atoms with Crippen LogP contribution in [0.2, 0.25) is 0 Å². The minimum Gasteiger partial charge on any atom is -0.298 e. The van der Waals surface area contributed by atoms with E-state index in [2.05, 4.69) is 15.9 Å². The van der Waals surface area contributed by atoms with E-state index in [1.54, 1.807) is 0 Å². The first-order valence-corrected chi connectivity index (χ1v) is 5.63. The topological polar surface area (TPSA) is 17.1 Å². The van der Waals surface area contributed by atoms with E-state index in [4.69, 9.17) is 11.6 Å². The predicted octanol–water partition coefficient (Wildman–Crippen LogP) is 3.50. The Kier molecular flexibility index (Phi) is 4.14. The van der Waals surface area contributed by atoms with Gasteiger partial charge in [-0.2, -0.15) is 0 Å². The van der Waals surface area contributed by atoms with Crippen LogP contribution in [0.15, 0.2) is 22.7 Å². The summed E-state index contributed by atoms with van der Waals surface area (Å²) in [5.74, 6) is 0.0206. The average Bonchev–Trinajstić information content (AvgIpc) is 2.11. The Morgan fingerprint density at radius 2 is 2.21 bits per heavy atom. The molecule has 76 valence electrons. The summed E-state index contributed by atoms with van der Waals surface area (Å²) < 4.78 is 1.08.